The van der Waals surface area contributed by atoms with Gasteiger partial charge in [-0.3, -0.25) is 0 Å². The summed E-state index contributed by atoms with van der Waals surface area (Å²) < 4.78 is 2.86. The third-order valence-electron chi connectivity index (χ3n) is 2.11. The maximum Gasteiger partial charge on any atom is 0.135 e. The monoisotopic (exact) mass is 319 g/mol. The minimum absolute atomic E-state index is 0.221. The SMILES string of the molecule is CC(c1cccs1)n1ncc(I)c1N. The lowest BCUT2D eigenvalue weighted by Gasteiger charge is -2.11. The molecule has 2 heterocycles. The van der Waals surface area contributed by atoms with Gasteiger partial charge in [0.15, 0.2) is 0 Å². The van der Waals surface area contributed by atoms with Crippen molar-refractivity contribution < 1.29 is 0 Å². The molecule has 74 valence electrons. The number of nitrogens with two attached hydrogens (primary N) is 1. The number of hydrogen-bond donors (Lipinski definition) is 1. The van der Waals surface area contributed by atoms with E-state index >= 15 is 0 Å². The molecular formula is C9H10IN3S. The standard InChI is InChI=1S/C9H10IN3S/c1-6(8-3-2-4-14-8)13-9(11)7(10)5-12-13/h2-6H,11H2,1H3. The van der Waals surface area contributed by atoms with Crippen LogP contribution in [0.3, 0.4) is 0 Å². The highest BCUT2D eigenvalue weighted by atomic mass is 127. The first-order valence-corrected chi connectivity index (χ1v) is 6.18. The highest BCUT2D eigenvalue weighted by molar-refractivity contribution is 14.1. The van der Waals surface area contributed by atoms with Crippen molar-refractivity contribution in [1.29, 1.82) is 0 Å². The fraction of sp³-hybridized carbons (Fsp3) is 0.222. The number of hydrogen-bond acceptors (Lipinski definition) is 3. The Bertz CT molecular complexity index is 421. The highest BCUT2D eigenvalue weighted by Crippen LogP contribution is 2.26. The van der Waals surface area contributed by atoms with E-state index in [9.17, 15) is 0 Å². The van der Waals surface area contributed by atoms with Gasteiger partial charge in [-0.1, -0.05) is 6.07 Å². The van der Waals surface area contributed by atoms with Crippen molar-refractivity contribution in [2.75, 3.05) is 5.73 Å². The number of nitrogens with zero attached hydrogens (tertiary/aromatic N) is 2. The Morgan fingerprint density at radius 3 is 2.93 bits per heavy atom. The van der Waals surface area contributed by atoms with Crippen LogP contribution < -0.4 is 5.73 Å². The fourth-order valence-corrected chi connectivity index (χ4v) is 2.45. The molecule has 0 radical (unpaired) electrons. The van der Waals surface area contributed by atoms with E-state index in [0.29, 0.717) is 0 Å². The van der Waals surface area contributed by atoms with Gasteiger partial charge in [0.25, 0.3) is 0 Å². The molecule has 2 aromatic rings. The minimum atomic E-state index is 0.221. The summed E-state index contributed by atoms with van der Waals surface area (Å²) in [5, 5.41) is 6.33. The molecule has 0 saturated heterocycles. The van der Waals surface area contributed by atoms with Gasteiger partial charge in [-0.25, -0.2) is 4.68 Å². The Morgan fingerprint density at radius 1 is 1.64 bits per heavy atom. The number of halogens is 1. The van der Waals surface area contributed by atoms with Crippen LogP contribution in [0.4, 0.5) is 5.82 Å². The lowest BCUT2D eigenvalue weighted by molar-refractivity contribution is 0.581. The Hall–Kier alpha value is -0.560. The molecule has 1 unspecified atom stereocenters. The van der Waals surface area contributed by atoms with E-state index in [2.05, 4.69) is 46.1 Å². The van der Waals surface area contributed by atoms with E-state index < -0.39 is 0 Å². The summed E-state index contributed by atoms with van der Waals surface area (Å²) >= 11 is 3.92. The Labute approximate surface area is 100 Å². The molecule has 0 spiro atoms. The molecule has 14 heavy (non-hydrogen) atoms. The molecule has 3 nitrogen and oxygen atoms in total. The second-order valence-corrected chi connectivity index (χ2v) is 5.16. The molecule has 2 rings (SSSR count). The van der Waals surface area contributed by atoms with E-state index in [1.165, 1.54) is 4.88 Å². The topological polar surface area (TPSA) is 43.8 Å². The van der Waals surface area contributed by atoms with Crippen molar-refractivity contribution in [1.82, 2.24) is 9.78 Å². The molecule has 0 aromatic carbocycles. The summed E-state index contributed by atoms with van der Waals surface area (Å²) in [7, 11) is 0. The van der Waals surface area contributed by atoms with Crippen LogP contribution in [0, 0.1) is 3.57 Å². The molecule has 2 aromatic heterocycles. The van der Waals surface area contributed by atoms with E-state index in [0.717, 1.165) is 9.39 Å². The van der Waals surface area contributed by atoms with Gasteiger partial charge in [-0.2, -0.15) is 5.10 Å². The van der Waals surface area contributed by atoms with Crippen molar-refractivity contribution in [3.05, 3.63) is 32.2 Å². The number of thiophene rings is 1. The first kappa shape index (κ1) is 9.97. The second kappa shape index (κ2) is 3.90. The maximum atomic E-state index is 5.91. The minimum Gasteiger partial charge on any atom is -0.383 e. The molecule has 0 aliphatic heterocycles. The molecule has 0 fully saturated rings. The summed E-state index contributed by atoms with van der Waals surface area (Å²) in [6.45, 7) is 2.10. The summed E-state index contributed by atoms with van der Waals surface area (Å²) in [5.41, 5.74) is 5.91. The maximum absolute atomic E-state index is 5.91. The van der Waals surface area contributed by atoms with Crippen molar-refractivity contribution in [3.63, 3.8) is 0 Å². The summed E-state index contributed by atoms with van der Waals surface area (Å²) in [4.78, 5) is 1.27. The van der Waals surface area contributed by atoms with Crippen molar-refractivity contribution >= 4 is 39.7 Å². The highest BCUT2D eigenvalue weighted by Gasteiger charge is 2.13. The van der Waals surface area contributed by atoms with Crippen molar-refractivity contribution in [3.8, 4) is 0 Å². The van der Waals surface area contributed by atoms with E-state index in [-0.39, 0.29) is 6.04 Å². The largest absolute Gasteiger partial charge is 0.383 e. The average molecular weight is 319 g/mol. The van der Waals surface area contributed by atoms with Crippen LogP contribution in [-0.2, 0) is 0 Å². The first-order chi connectivity index (χ1) is 6.70. The summed E-state index contributed by atoms with van der Waals surface area (Å²) in [6.07, 6.45) is 1.79. The van der Waals surface area contributed by atoms with Crippen LogP contribution in [-0.4, -0.2) is 9.78 Å². The van der Waals surface area contributed by atoms with Crippen LogP contribution in [0.1, 0.15) is 17.8 Å². The lowest BCUT2D eigenvalue weighted by Crippen LogP contribution is -2.10. The predicted octanol–water partition coefficient (Wildman–Crippen LogP) is 2.74. The third kappa shape index (κ3) is 1.66. The normalized spacial score (nSPS) is 13.0. The smallest absolute Gasteiger partial charge is 0.135 e. The Morgan fingerprint density at radius 2 is 2.43 bits per heavy atom. The summed E-state index contributed by atoms with van der Waals surface area (Å²) in [5.74, 6) is 0.742. The zero-order chi connectivity index (χ0) is 10.1. The van der Waals surface area contributed by atoms with E-state index in [4.69, 9.17) is 5.73 Å². The zero-order valence-electron chi connectivity index (χ0n) is 7.64. The van der Waals surface area contributed by atoms with Crippen LogP contribution in [0.5, 0.6) is 0 Å². The van der Waals surface area contributed by atoms with Crippen molar-refractivity contribution in [2.24, 2.45) is 0 Å². The predicted molar refractivity (Wildman–Crippen MR) is 67.5 cm³/mol. The van der Waals surface area contributed by atoms with Crippen LogP contribution in [0.25, 0.3) is 0 Å². The zero-order valence-corrected chi connectivity index (χ0v) is 10.6. The number of anilines is 1. The van der Waals surface area contributed by atoms with Gasteiger partial charge in [0.2, 0.25) is 0 Å². The molecule has 5 heteroatoms. The molecule has 0 aliphatic rings. The molecule has 2 N–H and O–H groups in total. The molecule has 0 aliphatic carbocycles. The molecule has 0 bridgehead atoms. The Balaban J connectivity index is 2.36. The van der Waals surface area contributed by atoms with Gasteiger partial charge in [-0.15, -0.1) is 11.3 Å². The molecule has 0 amide bonds. The van der Waals surface area contributed by atoms with E-state index in [1.54, 1.807) is 17.5 Å². The molecule has 1 atom stereocenters. The van der Waals surface area contributed by atoms with Gasteiger partial charge < -0.3 is 5.73 Å². The van der Waals surface area contributed by atoms with Crippen LogP contribution in [0.15, 0.2) is 23.7 Å². The van der Waals surface area contributed by atoms with Gasteiger partial charge in [0.05, 0.1) is 15.8 Å². The van der Waals surface area contributed by atoms with Gasteiger partial charge in [0, 0.05) is 4.88 Å². The average Bonchev–Trinajstić information content (AvgIpc) is 2.77. The lowest BCUT2D eigenvalue weighted by atomic mass is 10.3. The fourth-order valence-electron chi connectivity index (χ4n) is 1.31. The summed E-state index contributed by atoms with van der Waals surface area (Å²) in [6, 6.07) is 4.36. The molecular weight excluding hydrogens is 309 g/mol. The third-order valence-corrected chi connectivity index (χ3v) is 3.98. The van der Waals surface area contributed by atoms with Crippen LogP contribution in [0.2, 0.25) is 0 Å². The van der Waals surface area contributed by atoms with Gasteiger partial charge in [-0.05, 0) is 41.0 Å². The quantitative estimate of drug-likeness (QED) is 0.865. The number of rotatable bonds is 2. The number of aromatic nitrogens is 2. The van der Waals surface area contributed by atoms with Gasteiger partial charge in [0.1, 0.15) is 5.82 Å². The first-order valence-electron chi connectivity index (χ1n) is 4.22. The van der Waals surface area contributed by atoms with Crippen LogP contribution >= 0.6 is 33.9 Å². The van der Waals surface area contributed by atoms with Gasteiger partial charge >= 0.3 is 0 Å². The second-order valence-electron chi connectivity index (χ2n) is 3.01. The molecule has 0 saturated carbocycles. The Kier molecular flexibility index (Phi) is 2.78. The van der Waals surface area contributed by atoms with E-state index in [1.807, 2.05) is 10.7 Å². The van der Waals surface area contributed by atoms with Crippen molar-refractivity contribution in [2.45, 2.75) is 13.0 Å². The number of nitrogen functional groups attached to an aromatic ring is 1.